The summed E-state index contributed by atoms with van der Waals surface area (Å²) in [6, 6.07) is 0. The number of thioether (sulfide) groups is 1. The highest BCUT2D eigenvalue weighted by Gasteiger charge is 2.28. The molecule has 13 heavy (non-hydrogen) atoms. The smallest absolute Gasteiger partial charge is 0.310 e. The minimum atomic E-state index is -0.139. The summed E-state index contributed by atoms with van der Waals surface area (Å²) in [7, 11) is 1.43. The van der Waals surface area contributed by atoms with Gasteiger partial charge in [0.2, 0.25) is 0 Å². The maximum Gasteiger partial charge on any atom is 0.310 e. The van der Waals surface area contributed by atoms with Crippen molar-refractivity contribution in [2.24, 2.45) is 17.6 Å². The lowest BCUT2D eigenvalue weighted by Crippen LogP contribution is -2.33. The fourth-order valence-electron chi connectivity index (χ4n) is 1.75. The third kappa shape index (κ3) is 2.88. The molecule has 1 heterocycles. The number of hydrogen-bond acceptors (Lipinski definition) is 4. The van der Waals surface area contributed by atoms with E-state index in [1.165, 1.54) is 7.11 Å². The molecule has 0 radical (unpaired) electrons. The van der Waals surface area contributed by atoms with Gasteiger partial charge in [-0.25, -0.2) is 0 Å². The molecule has 2 N–H and O–H groups in total. The van der Waals surface area contributed by atoms with Gasteiger partial charge in [0.05, 0.1) is 13.0 Å². The molecule has 1 rings (SSSR count). The quantitative estimate of drug-likeness (QED) is 0.692. The van der Waals surface area contributed by atoms with Gasteiger partial charge in [-0.2, -0.15) is 11.8 Å². The van der Waals surface area contributed by atoms with E-state index in [9.17, 15) is 4.79 Å². The summed E-state index contributed by atoms with van der Waals surface area (Å²) < 4.78 is 4.73. The molecule has 4 heteroatoms. The van der Waals surface area contributed by atoms with Crippen LogP contribution in [0.15, 0.2) is 0 Å². The van der Waals surface area contributed by atoms with Crippen LogP contribution in [0.25, 0.3) is 0 Å². The van der Waals surface area contributed by atoms with Gasteiger partial charge in [-0.15, -0.1) is 0 Å². The normalized spacial score (nSPS) is 21.1. The average Bonchev–Trinajstić information content (AvgIpc) is 2.20. The van der Waals surface area contributed by atoms with Crippen LogP contribution in [0.3, 0.4) is 0 Å². The van der Waals surface area contributed by atoms with Gasteiger partial charge in [-0.1, -0.05) is 0 Å². The van der Waals surface area contributed by atoms with E-state index in [-0.39, 0.29) is 11.9 Å². The van der Waals surface area contributed by atoms with Gasteiger partial charge in [0.15, 0.2) is 0 Å². The van der Waals surface area contributed by atoms with Gasteiger partial charge >= 0.3 is 5.97 Å². The highest BCUT2D eigenvalue weighted by molar-refractivity contribution is 7.99. The zero-order valence-corrected chi connectivity index (χ0v) is 8.81. The Balaban J connectivity index is 2.48. The first-order valence-corrected chi connectivity index (χ1v) is 5.80. The van der Waals surface area contributed by atoms with E-state index in [1.54, 1.807) is 0 Å². The SMILES string of the molecule is COC(=O)C(CN)C1CCSCC1. The topological polar surface area (TPSA) is 52.3 Å². The van der Waals surface area contributed by atoms with Crippen molar-refractivity contribution >= 4 is 17.7 Å². The first-order valence-electron chi connectivity index (χ1n) is 4.65. The van der Waals surface area contributed by atoms with Crippen molar-refractivity contribution in [3.05, 3.63) is 0 Å². The molecule has 1 unspecified atom stereocenters. The Labute approximate surface area is 83.4 Å². The lowest BCUT2D eigenvalue weighted by atomic mass is 9.87. The monoisotopic (exact) mass is 203 g/mol. The minimum Gasteiger partial charge on any atom is -0.469 e. The van der Waals surface area contributed by atoms with Gasteiger partial charge in [0.25, 0.3) is 0 Å². The van der Waals surface area contributed by atoms with Gasteiger partial charge in [-0.3, -0.25) is 4.79 Å². The Kier molecular flexibility index (Phi) is 4.59. The zero-order valence-electron chi connectivity index (χ0n) is 7.99. The zero-order chi connectivity index (χ0) is 9.68. The molecule has 0 bridgehead atoms. The van der Waals surface area contributed by atoms with Crippen LogP contribution < -0.4 is 5.73 Å². The Bertz CT molecular complexity index is 169. The maximum absolute atomic E-state index is 11.3. The molecule has 0 aliphatic carbocycles. The van der Waals surface area contributed by atoms with Crippen molar-refractivity contribution in [2.45, 2.75) is 12.8 Å². The molecule has 1 aliphatic rings. The van der Waals surface area contributed by atoms with Crippen molar-refractivity contribution in [1.82, 2.24) is 0 Å². The highest BCUT2D eigenvalue weighted by Crippen LogP contribution is 2.29. The molecule has 0 aromatic heterocycles. The van der Waals surface area contributed by atoms with Crippen LogP contribution >= 0.6 is 11.8 Å². The third-order valence-electron chi connectivity index (χ3n) is 2.59. The summed E-state index contributed by atoms with van der Waals surface area (Å²) in [5.41, 5.74) is 5.57. The van der Waals surface area contributed by atoms with E-state index < -0.39 is 0 Å². The lowest BCUT2D eigenvalue weighted by molar-refractivity contribution is -0.147. The first kappa shape index (κ1) is 10.9. The van der Waals surface area contributed by atoms with Crippen molar-refractivity contribution < 1.29 is 9.53 Å². The van der Waals surface area contributed by atoms with Crippen LogP contribution in [-0.4, -0.2) is 31.1 Å². The number of rotatable bonds is 3. The minimum absolute atomic E-state index is 0.0779. The first-order chi connectivity index (χ1) is 6.29. The number of esters is 1. The summed E-state index contributed by atoms with van der Waals surface area (Å²) >= 11 is 1.95. The van der Waals surface area contributed by atoms with Gasteiger partial charge in [0.1, 0.15) is 0 Å². The van der Waals surface area contributed by atoms with Crippen LogP contribution in [-0.2, 0) is 9.53 Å². The van der Waals surface area contributed by atoms with E-state index in [4.69, 9.17) is 10.5 Å². The molecule has 0 aromatic rings. The van der Waals surface area contributed by atoms with Gasteiger partial charge < -0.3 is 10.5 Å². The second-order valence-corrected chi connectivity index (χ2v) is 4.54. The molecule has 1 saturated heterocycles. The van der Waals surface area contributed by atoms with E-state index in [2.05, 4.69) is 0 Å². The van der Waals surface area contributed by atoms with E-state index in [1.807, 2.05) is 11.8 Å². The number of hydrogen-bond donors (Lipinski definition) is 1. The van der Waals surface area contributed by atoms with Crippen molar-refractivity contribution in [3.8, 4) is 0 Å². The van der Waals surface area contributed by atoms with Crippen LogP contribution in [0.1, 0.15) is 12.8 Å². The molecule has 76 valence electrons. The summed E-state index contributed by atoms with van der Waals surface area (Å²) in [6.45, 7) is 0.419. The molecule has 0 spiro atoms. The fourth-order valence-corrected chi connectivity index (χ4v) is 2.89. The standard InChI is InChI=1S/C9H17NO2S/c1-12-9(11)8(6-10)7-2-4-13-5-3-7/h7-8H,2-6,10H2,1H3. The largest absolute Gasteiger partial charge is 0.469 e. The number of nitrogens with two attached hydrogens (primary N) is 1. The van der Waals surface area contributed by atoms with E-state index >= 15 is 0 Å². The molecule has 1 fully saturated rings. The van der Waals surface area contributed by atoms with Crippen LogP contribution in [0, 0.1) is 11.8 Å². The highest BCUT2D eigenvalue weighted by atomic mass is 32.2. The van der Waals surface area contributed by atoms with Crippen molar-refractivity contribution in [1.29, 1.82) is 0 Å². The van der Waals surface area contributed by atoms with Crippen molar-refractivity contribution in [2.75, 3.05) is 25.2 Å². The summed E-state index contributed by atoms with van der Waals surface area (Å²) in [5.74, 6) is 2.53. The Morgan fingerprint density at radius 2 is 2.23 bits per heavy atom. The summed E-state index contributed by atoms with van der Waals surface area (Å²) in [5, 5.41) is 0. The van der Waals surface area contributed by atoms with E-state index in [0.29, 0.717) is 12.5 Å². The second-order valence-electron chi connectivity index (χ2n) is 3.32. The average molecular weight is 203 g/mol. The van der Waals surface area contributed by atoms with Crippen LogP contribution in [0.4, 0.5) is 0 Å². The molecule has 1 atom stereocenters. The van der Waals surface area contributed by atoms with Crippen molar-refractivity contribution in [3.63, 3.8) is 0 Å². The number of carbonyl (C=O) groups is 1. The van der Waals surface area contributed by atoms with Crippen LogP contribution in [0.2, 0.25) is 0 Å². The maximum atomic E-state index is 11.3. The van der Waals surface area contributed by atoms with Gasteiger partial charge in [-0.05, 0) is 30.3 Å². The number of carbonyl (C=O) groups excluding carboxylic acids is 1. The summed E-state index contributed by atoms with van der Waals surface area (Å²) in [6.07, 6.45) is 2.20. The Morgan fingerprint density at radius 1 is 1.62 bits per heavy atom. The predicted octanol–water partition coefficient (Wildman–Crippen LogP) is 0.877. The molecular formula is C9H17NO2S. The predicted molar refractivity (Wildman–Crippen MR) is 54.6 cm³/mol. The molecule has 0 amide bonds. The molecular weight excluding hydrogens is 186 g/mol. The third-order valence-corrected chi connectivity index (χ3v) is 3.64. The second kappa shape index (κ2) is 5.50. The molecule has 1 aliphatic heterocycles. The molecule has 3 nitrogen and oxygen atoms in total. The fraction of sp³-hybridized carbons (Fsp3) is 0.889. The van der Waals surface area contributed by atoms with Crippen LogP contribution in [0.5, 0.6) is 0 Å². The lowest BCUT2D eigenvalue weighted by Gasteiger charge is -2.27. The number of methoxy groups -OCH3 is 1. The molecule has 0 aromatic carbocycles. The Morgan fingerprint density at radius 3 is 2.69 bits per heavy atom. The van der Waals surface area contributed by atoms with Gasteiger partial charge in [0, 0.05) is 6.54 Å². The summed E-state index contributed by atoms with van der Waals surface area (Å²) in [4.78, 5) is 11.3. The number of ether oxygens (including phenoxy) is 1. The van der Waals surface area contributed by atoms with E-state index in [0.717, 1.165) is 24.3 Å². The Hall–Kier alpha value is -0.220. The molecule has 0 saturated carbocycles.